The maximum Gasteiger partial charge on any atom is 0.323 e. The fourth-order valence-corrected chi connectivity index (χ4v) is 5.90. The fraction of sp³-hybridized carbons (Fsp3) is 0.889. The minimum absolute atomic E-state index is 0.0627. The van der Waals surface area contributed by atoms with Gasteiger partial charge in [-0.2, -0.15) is 0 Å². The minimum atomic E-state index is -3.82. The van der Waals surface area contributed by atoms with E-state index in [4.69, 9.17) is 0 Å². The molecule has 1 N–H and O–H groups in total. The molecule has 2 atom stereocenters. The number of hydrogen-bond donors (Lipinski definition) is 1. The standard InChI is InChI=1S/C9H17NO6S2/c1-3-16-9(11)7(2)10-18(14,15)8-4-5-17(12,13)6-8/h7-8,10H,3-6H2,1-2H3. The molecule has 2 unspecified atom stereocenters. The van der Waals surface area contributed by atoms with Gasteiger partial charge in [-0.15, -0.1) is 0 Å². The van der Waals surface area contributed by atoms with E-state index in [2.05, 4.69) is 9.46 Å². The summed E-state index contributed by atoms with van der Waals surface area (Å²) < 4.78 is 53.0. The molecule has 9 heteroatoms. The van der Waals surface area contributed by atoms with Crippen molar-refractivity contribution in [3.8, 4) is 0 Å². The fourth-order valence-electron chi connectivity index (χ4n) is 1.66. The van der Waals surface area contributed by atoms with E-state index in [0.29, 0.717) is 0 Å². The summed E-state index contributed by atoms with van der Waals surface area (Å²) in [6.45, 7) is 3.13. The van der Waals surface area contributed by atoms with E-state index in [-0.39, 0.29) is 18.8 Å². The second-order valence-electron chi connectivity index (χ2n) is 4.16. The summed E-state index contributed by atoms with van der Waals surface area (Å²) in [5.74, 6) is -1.20. The van der Waals surface area contributed by atoms with Gasteiger partial charge in [0.05, 0.1) is 23.4 Å². The van der Waals surface area contributed by atoms with Crippen LogP contribution in [-0.2, 0) is 29.4 Å². The van der Waals surface area contributed by atoms with Crippen molar-refractivity contribution in [3.05, 3.63) is 0 Å². The first-order chi connectivity index (χ1) is 8.18. The SMILES string of the molecule is CCOC(=O)C(C)NS(=O)(=O)C1CCS(=O)(=O)C1. The van der Waals surface area contributed by atoms with Crippen LogP contribution in [0.4, 0.5) is 0 Å². The van der Waals surface area contributed by atoms with Crippen LogP contribution in [0, 0.1) is 0 Å². The highest BCUT2D eigenvalue weighted by atomic mass is 32.2. The number of esters is 1. The van der Waals surface area contributed by atoms with E-state index in [9.17, 15) is 21.6 Å². The predicted molar refractivity (Wildman–Crippen MR) is 65.2 cm³/mol. The van der Waals surface area contributed by atoms with E-state index in [1.54, 1.807) is 6.92 Å². The quantitative estimate of drug-likeness (QED) is 0.656. The van der Waals surface area contributed by atoms with Gasteiger partial charge in [-0.25, -0.2) is 21.6 Å². The lowest BCUT2D eigenvalue weighted by molar-refractivity contribution is -0.144. The van der Waals surface area contributed by atoms with Crippen molar-refractivity contribution in [1.82, 2.24) is 4.72 Å². The van der Waals surface area contributed by atoms with Crippen molar-refractivity contribution in [3.63, 3.8) is 0 Å². The molecular formula is C9H17NO6S2. The van der Waals surface area contributed by atoms with E-state index in [1.807, 2.05) is 0 Å². The molecule has 1 fully saturated rings. The Labute approximate surface area is 107 Å². The predicted octanol–water partition coefficient (Wildman–Crippen LogP) is -0.955. The topological polar surface area (TPSA) is 107 Å². The maximum atomic E-state index is 11.9. The zero-order valence-electron chi connectivity index (χ0n) is 10.2. The van der Waals surface area contributed by atoms with Crippen molar-refractivity contribution in [2.24, 2.45) is 0 Å². The highest BCUT2D eigenvalue weighted by molar-refractivity contribution is 7.95. The summed E-state index contributed by atoms with van der Waals surface area (Å²) in [7, 11) is -7.10. The maximum absolute atomic E-state index is 11.9. The Hall–Kier alpha value is -0.670. The summed E-state index contributed by atoms with van der Waals surface area (Å²) in [6, 6.07) is -1.02. The molecule has 0 saturated carbocycles. The molecule has 0 aliphatic carbocycles. The Morgan fingerprint density at radius 1 is 1.50 bits per heavy atom. The third-order valence-electron chi connectivity index (χ3n) is 2.61. The van der Waals surface area contributed by atoms with Gasteiger partial charge in [0.1, 0.15) is 6.04 Å². The smallest absolute Gasteiger partial charge is 0.323 e. The first kappa shape index (κ1) is 15.4. The second-order valence-corrected chi connectivity index (χ2v) is 8.38. The molecule has 1 rings (SSSR count). The lowest BCUT2D eigenvalue weighted by Gasteiger charge is -2.16. The van der Waals surface area contributed by atoms with Crippen LogP contribution in [0.2, 0.25) is 0 Å². The molecule has 7 nitrogen and oxygen atoms in total. The zero-order chi connectivity index (χ0) is 14.0. The van der Waals surface area contributed by atoms with Crippen molar-refractivity contribution >= 4 is 25.8 Å². The van der Waals surface area contributed by atoms with Gasteiger partial charge in [-0.05, 0) is 20.3 Å². The molecule has 1 saturated heterocycles. The molecule has 18 heavy (non-hydrogen) atoms. The number of hydrogen-bond acceptors (Lipinski definition) is 6. The van der Waals surface area contributed by atoms with Gasteiger partial charge in [0.2, 0.25) is 10.0 Å². The van der Waals surface area contributed by atoms with E-state index in [0.717, 1.165) is 0 Å². The molecule has 0 bridgehead atoms. The number of carbonyl (C=O) groups is 1. The second kappa shape index (κ2) is 5.54. The van der Waals surface area contributed by atoms with Crippen LogP contribution in [0.15, 0.2) is 0 Å². The normalized spacial score (nSPS) is 24.7. The summed E-state index contributed by atoms with van der Waals surface area (Å²) in [4.78, 5) is 11.3. The Bertz CT molecular complexity index is 509. The summed E-state index contributed by atoms with van der Waals surface area (Å²) in [5, 5.41) is -0.987. The molecule has 0 radical (unpaired) electrons. The van der Waals surface area contributed by atoms with Gasteiger partial charge in [-0.1, -0.05) is 0 Å². The molecule has 1 heterocycles. The van der Waals surface area contributed by atoms with Crippen LogP contribution in [0.25, 0.3) is 0 Å². The van der Waals surface area contributed by atoms with Crippen LogP contribution < -0.4 is 4.72 Å². The van der Waals surface area contributed by atoms with E-state index in [1.165, 1.54) is 6.92 Å². The van der Waals surface area contributed by atoms with Gasteiger partial charge in [-0.3, -0.25) is 4.79 Å². The molecule has 0 aromatic heterocycles. The van der Waals surface area contributed by atoms with Crippen LogP contribution >= 0.6 is 0 Å². The van der Waals surface area contributed by atoms with Gasteiger partial charge in [0.15, 0.2) is 9.84 Å². The van der Waals surface area contributed by atoms with Crippen molar-refractivity contribution in [1.29, 1.82) is 0 Å². The van der Waals surface area contributed by atoms with Crippen LogP contribution in [0.3, 0.4) is 0 Å². The molecule has 106 valence electrons. The highest BCUT2D eigenvalue weighted by Crippen LogP contribution is 2.18. The number of carbonyl (C=O) groups excluding carboxylic acids is 1. The Morgan fingerprint density at radius 3 is 2.56 bits per heavy atom. The Balaban J connectivity index is 2.69. The van der Waals surface area contributed by atoms with Gasteiger partial charge < -0.3 is 4.74 Å². The number of nitrogens with one attached hydrogen (secondary N) is 1. The average Bonchev–Trinajstić information content (AvgIpc) is 2.59. The highest BCUT2D eigenvalue weighted by Gasteiger charge is 2.38. The Kier molecular flexibility index (Phi) is 4.73. The number of sulfonamides is 1. The molecule has 0 aromatic rings. The molecule has 0 aromatic carbocycles. The average molecular weight is 299 g/mol. The first-order valence-corrected chi connectivity index (χ1v) is 8.93. The van der Waals surface area contributed by atoms with Crippen molar-refractivity contribution < 1.29 is 26.4 Å². The molecule has 1 aliphatic heterocycles. The van der Waals surface area contributed by atoms with Gasteiger partial charge >= 0.3 is 5.97 Å². The Morgan fingerprint density at radius 2 is 2.11 bits per heavy atom. The van der Waals surface area contributed by atoms with Crippen LogP contribution in [0.5, 0.6) is 0 Å². The van der Waals surface area contributed by atoms with E-state index >= 15 is 0 Å². The van der Waals surface area contributed by atoms with Crippen LogP contribution in [-0.4, -0.2) is 52.2 Å². The molecule has 0 spiro atoms. The van der Waals surface area contributed by atoms with Crippen LogP contribution in [0.1, 0.15) is 20.3 Å². The summed E-state index contributed by atoms with van der Waals surface area (Å²) >= 11 is 0. The summed E-state index contributed by atoms with van der Waals surface area (Å²) in [6.07, 6.45) is 0.0627. The van der Waals surface area contributed by atoms with Crippen molar-refractivity contribution in [2.45, 2.75) is 31.6 Å². The zero-order valence-corrected chi connectivity index (χ0v) is 11.9. The largest absolute Gasteiger partial charge is 0.465 e. The van der Waals surface area contributed by atoms with Crippen molar-refractivity contribution in [2.75, 3.05) is 18.1 Å². The molecular weight excluding hydrogens is 282 g/mol. The molecule has 0 amide bonds. The number of sulfone groups is 1. The monoisotopic (exact) mass is 299 g/mol. The first-order valence-electron chi connectivity index (χ1n) is 5.56. The summed E-state index contributed by atoms with van der Waals surface area (Å²) in [5.41, 5.74) is 0. The number of ether oxygens (including phenoxy) is 1. The lowest BCUT2D eigenvalue weighted by Crippen LogP contribution is -2.44. The van der Waals surface area contributed by atoms with E-state index < -0.39 is 42.9 Å². The minimum Gasteiger partial charge on any atom is -0.465 e. The molecule has 1 aliphatic rings. The van der Waals surface area contributed by atoms with Gasteiger partial charge in [0, 0.05) is 0 Å². The third kappa shape index (κ3) is 3.92. The van der Waals surface area contributed by atoms with Gasteiger partial charge in [0.25, 0.3) is 0 Å². The third-order valence-corrected chi connectivity index (χ3v) is 6.55. The number of rotatable bonds is 5. The lowest BCUT2D eigenvalue weighted by atomic mass is 10.4.